The summed E-state index contributed by atoms with van der Waals surface area (Å²) in [5, 5.41) is 4.33. The van der Waals surface area contributed by atoms with Crippen LogP contribution in [0.5, 0.6) is 0 Å². The Kier molecular flexibility index (Phi) is 5.13. The van der Waals surface area contributed by atoms with Crippen molar-refractivity contribution >= 4 is 27.5 Å². The summed E-state index contributed by atoms with van der Waals surface area (Å²) in [5.74, 6) is -0.264. The van der Waals surface area contributed by atoms with E-state index in [1.807, 2.05) is 54.6 Å². The highest BCUT2D eigenvalue weighted by Gasteiger charge is 2.09. The van der Waals surface area contributed by atoms with E-state index < -0.39 is 0 Å². The maximum absolute atomic E-state index is 12.3. The highest BCUT2D eigenvalue weighted by Crippen LogP contribution is 2.12. The van der Waals surface area contributed by atoms with Gasteiger partial charge in [-0.1, -0.05) is 46.3 Å². The van der Waals surface area contributed by atoms with Gasteiger partial charge in [0.1, 0.15) is 0 Å². The summed E-state index contributed by atoms with van der Waals surface area (Å²) >= 11 is 3.35. The number of hydrogen-bond donors (Lipinski definition) is 1. The standard InChI is InChI=1S/C19H14BrN3O/c20-17-10-8-15(9-11-17)19(24)23-22-18(14-5-2-1-3-6-14)16-7-4-12-21-13-16/h1-13H,(H,23,24). The van der Waals surface area contributed by atoms with E-state index in [2.05, 4.69) is 31.4 Å². The lowest BCUT2D eigenvalue weighted by atomic mass is 10.0. The molecule has 0 spiro atoms. The molecule has 5 heteroatoms. The molecule has 0 aliphatic rings. The van der Waals surface area contributed by atoms with Crippen LogP contribution in [0.25, 0.3) is 0 Å². The Morgan fingerprint density at radius 2 is 1.58 bits per heavy atom. The Morgan fingerprint density at radius 1 is 0.875 bits per heavy atom. The second-order valence-corrected chi connectivity index (χ2v) is 5.93. The molecule has 0 fully saturated rings. The molecule has 3 rings (SSSR count). The van der Waals surface area contributed by atoms with Crippen molar-refractivity contribution in [2.45, 2.75) is 0 Å². The van der Waals surface area contributed by atoms with E-state index in [9.17, 15) is 4.79 Å². The lowest BCUT2D eigenvalue weighted by Crippen LogP contribution is -2.20. The molecule has 0 unspecified atom stereocenters. The van der Waals surface area contributed by atoms with Crippen LogP contribution in [0.3, 0.4) is 0 Å². The molecule has 1 heterocycles. The molecule has 2 aromatic carbocycles. The third kappa shape index (κ3) is 3.94. The van der Waals surface area contributed by atoms with Gasteiger partial charge in [0.05, 0.1) is 5.71 Å². The minimum Gasteiger partial charge on any atom is -0.267 e. The number of benzene rings is 2. The predicted octanol–water partition coefficient (Wildman–Crippen LogP) is 4.03. The van der Waals surface area contributed by atoms with Crippen molar-refractivity contribution < 1.29 is 4.79 Å². The van der Waals surface area contributed by atoms with Gasteiger partial charge in [-0.3, -0.25) is 9.78 Å². The first-order chi connectivity index (χ1) is 11.7. The van der Waals surface area contributed by atoms with Crippen LogP contribution in [0.1, 0.15) is 21.5 Å². The van der Waals surface area contributed by atoms with E-state index in [0.717, 1.165) is 15.6 Å². The number of pyridine rings is 1. The van der Waals surface area contributed by atoms with Gasteiger partial charge in [0.25, 0.3) is 5.91 Å². The topological polar surface area (TPSA) is 54.4 Å². The minimum absolute atomic E-state index is 0.264. The van der Waals surface area contributed by atoms with Gasteiger partial charge in [-0.2, -0.15) is 5.10 Å². The van der Waals surface area contributed by atoms with Gasteiger partial charge < -0.3 is 0 Å². The van der Waals surface area contributed by atoms with Crippen molar-refractivity contribution in [2.75, 3.05) is 0 Å². The van der Waals surface area contributed by atoms with Crippen molar-refractivity contribution in [1.29, 1.82) is 0 Å². The average molecular weight is 380 g/mol. The predicted molar refractivity (Wildman–Crippen MR) is 97.9 cm³/mol. The van der Waals surface area contributed by atoms with Crippen LogP contribution >= 0.6 is 15.9 Å². The van der Waals surface area contributed by atoms with Gasteiger partial charge in [0.15, 0.2) is 0 Å². The molecule has 4 nitrogen and oxygen atoms in total. The van der Waals surface area contributed by atoms with Crippen LogP contribution in [0.15, 0.2) is 88.7 Å². The summed E-state index contributed by atoms with van der Waals surface area (Å²) in [6.45, 7) is 0. The third-order valence-corrected chi connectivity index (χ3v) is 3.89. The Hall–Kier alpha value is -2.79. The van der Waals surface area contributed by atoms with Crippen molar-refractivity contribution in [3.05, 3.63) is 100 Å². The van der Waals surface area contributed by atoms with E-state index in [1.54, 1.807) is 24.5 Å². The zero-order valence-corrected chi connectivity index (χ0v) is 14.3. The van der Waals surface area contributed by atoms with Gasteiger partial charge >= 0.3 is 0 Å². The number of carbonyl (C=O) groups is 1. The quantitative estimate of drug-likeness (QED) is 0.549. The van der Waals surface area contributed by atoms with Crippen molar-refractivity contribution in [3.63, 3.8) is 0 Å². The lowest BCUT2D eigenvalue weighted by Gasteiger charge is -2.07. The minimum atomic E-state index is -0.264. The fraction of sp³-hybridized carbons (Fsp3) is 0. The molecule has 0 saturated heterocycles. The Morgan fingerprint density at radius 3 is 2.25 bits per heavy atom. The van der Waals surface area contributed by atoms with E-state index in [0.29, 0.717) is 11.3 Å². The fourth-order valence-corrected chi connectivity index (χ4v) is 2.43. The number of rotatable bonds is 4. The molecule has 0 aliphatic carbocycles. The molecule has 0 atom stereocenters. The third-order valence-electron chi connectivity index (χ3n) is 3.36. The summed E-state index contributed by atoms with van der Waals surface area (Å²) in [4.78, 5) is 16.4. The zero-order valence-electron chi connectivity index (χ0n) is 12.7. The first-order valence-corrected chi connectivity index (χ1v) is 8.13. The SMILES string of the molecule is O=C(NN=C(c1ccccc1)c1cccnc1)c1ccc(Br)cc1. The van der Waals surface area contributed by atoms with Gasteiger partial charge in [-0.25, -0.2) is 5.43 Å². The number of nitrogens with one attached hydrogen (secondary N) is 1. The van der Waals surface area contributed by atoms with Crippen LogP contribution in [0, 0.1) is 0 Å². The number of hydrogen-bond acceptors (Lipinski definition) is 3. The second-order valence-electron chi connectivity index (χ2n) is 5.02. The van der Waals surface area contributed by atoms with Crippen molar-refractivity contribution in [3.8, 4) is 0 Å². The number of halogens is 1. The normalized spacial score (nSPS) is 11.1. The van der Waals surface area contributed by atoms with E-state index >= 15 is 0 Å². The Labute approximate surface area is 148 Å². The van der Waals surface area contributed by atoms with E-state index in [-0.39, 0.29) is 5.91 Å². The van der Waals surface area contributed by atoms with Crippen LogP contribution in [0.4, 0.5) is 0 Å². The first kappa shape index (κ1) is 16.1. The lowest BCUT2D eigenvalue weighted by molar-refractivity contribution is 0.0955. The summed E-state index contributed by atoms with van der Waals surface area (Å²) in [6.07, 6.45) is 3.42. The van der Waals surface area contributed by atoms with Crippen molar-refractivity contribution in [1.82, 2.24) is 10.4 Å². The average Bonchev–Trinajstić information content (AvgIpc) is 2.64. The summed E-state index contributed by atoms with van der Waals surface area (Å²) < 4.78 is 0.919. The van der Waals surface area contributed by atoms with E-state index in [4.69, 9.17) is 0 Å². The second kappa shape index (κ2) is 7.66. The number of nitrogens with zero attached hydrogens (tertiary/aromatic N) is 2. The molecule has 118 valence electrons. The molecule has 1 N–H and O–H groups in total. The van der Waals surface area contributed by atoms with Gasteiger partial charge in [-0.05, 0) is 36.4 Å². The first-order valence-electron chi connectivity index (χ1n) is 7.33. The van der Waals surface area contributed by atoms with Crippen LogP contribution in [-0.2, 0) is 0 Å². The molecule has 0 bridgehead atoms. The zero-order chi connectivity index (χ0) is 16.8. The molecule has 3 aromatic rings. The molecule has 0 radical (unpaired) electrons. The smallest absolute Gasteiger partial charge is 0.267 e. The highest BCUT2D eigenvalue weighted by atomic mass is 79.9. The highest BCUT2D eigenvalue weighted by molar-refractivity contribution is 9.10. The van der Waals surface area contributed by atoms with Gasteiger partial charge in [0.2, 0.25) is 0 Å². The molecular weight excluding hydrogens is 366 g/mol. The largest absolute Gasteiger partial charge is 0.271 e. The molecule has 1 amide bonds. The number of aromatic nitrogens is 1. The number of amides is 1. The summed E-state index contributed by atoms with van der Waals surface area (Å²) in [5.41, 5.74) is 5.56. The molecule has 24 heavy (non-hydrogen) atoms. The molecule has 0 aliphatic heterocycles. The van der Waals surface area contributed by atoms with E-state index in [1.165, 1.54) is 0 Å². The fourth-order valence-electron chi connectivity index (χ4n) is 2.17. The monoisotopic (exact) mass is 379 g/mol. The molecule has 0 saturated carbocycles. The molecular formula is C19H14BrN3O. The number of hydrazone groups is 1. The maximum Gasteiger partial charge on any atom is 0.271 e. The summed E-state index contributed by atoms with van der Waals surface area (Å²) in [7, 11) is 0. The molecule has 1 aromatic heterocycles. The van der Waals surface area contributed by atoms with Gasteiger partial charge in [0, 0.05) is 33.6 Å². The van der Waals surface area contributed by atoms with Crippen molar-refractivity contribution in [2.24, 2.45) is 5.10 Å². The Balaban J connectivity index is 1.90. The van der Waals surface area contributed by atoms with Gasteiger partial charge in [-0.15, -0.1) is 0 Å². The van der Waals surface area contributed by atoms with Crippen LogP contribution < -0.4 is 5.43 Å². The number of carbonyl (C=O) groups excluding carboxylic acids is 1. The van der Waals surface area contributed by atoms with Crippen LogP contribution in [-0.4, -0.2) is 16.6 Å². The maximum atomic E-state index is 12.3. The summed E-state index contributed by atoms with van der Waals surface area (Å²) in [6, 6.07) is 20.5. The Bertz CT molecular complexity index is 805. The van der Waals surface area contributed by atoms with Crippen LogP contribution in [0.2, 0.25) is 0 Å².